The Morgan fingerprint density at radius 2 is 0.865 bits per heavy atom. The van der Waals surface area contributed by atoms with Gasteiger partial charge in [-0.25, -0.2) is 19.7 Å². The van der Waals surface area contributed by atoms with Crippen molar-refractivity contribution in [3.05, 3.63) is 178 Å². The van der Waals surface area contributed by atoms with E-state index in [-0.39, 0.29) is 52.0 Å². The summed E-state index contributed by atoms with van der Waals surface area (Å²) >= 11 is 0. The van der Waals surface area contributed by atoms with Crippen LogP contribution in [0.4, 0.5) is 39.5 Å². The van der Waals surface area contributed by atoms with Gasteiger partial charge in [0.05, 0.1) is 36.7 Å². The van der Waals surface area contributed by atoms with Crippen LogP contribution in [0.1, 0.15) is 142 Å². The maximum absolute atomic E-state index is 12.8. The number of halogens is 9. The number of carbonyl (C=O) groups is 6. The molecule has 8 atom stereocenters. The third-order valence-corrected chi connectivity index (χ3v) is 15.6. The summed E-state index contributed by atoms with van der Waals surface area (Å²) in [5.74, 6) is -6.46. The molecule has 0 spiro atoms. The minimum atomic E-state index is -5.02. The second-order valence-corrected chi connectivity index (χ2v) is 23.7. The third-order valence-electron chi connectivity index (χ3n) is 15.6. The Labute approximate surface area is 549 Å². The van der Waals surface area contributed by atoms with Gasteiger partial charge in [-0.05, 0) is 165 Å². The molecular formula is C67H76BF9N8O11. The average molecular weight is 1350 g/mol. The fraction of sp³-hybridized carbons (Fsp3) is 0.418. The van der Waals surface area contributed by atoms with Gasteiger partial charge in [0, 0.05) is 12.8 Å². The van der Waals surface area contributed by atoms with Crippen molar-refractivity contribution in [1.29, 1.82) is 0 Å². The van der Waals surface area contributed by atoms with Crippen LogP contribution >= 0.6 is 0 Å². The molecule has 516 valence electrons. The van der Waals surface area contributed by atoms with Crippen molar-refractivity contribution in [3.63, 3.8) is 0 Å². The fourth-order valence-electron chi connectivity index (χ4n) is 10.4. The molecule has 5 heterocycles. The van der Waals surface area contributed by atoms with Gasteiger partial charge in [0.1, 0.15) is 52.6 Å². The second-order valence-electron chi connectivity index (χ2n) is 23.7. The van der Waals surface area contributed by atoms with Crippen LogP contribution in [0.15, 0.2) is 128 Å². The molecule has 6 aromatic rings. The lowest BCUT2D eigenvalue weighted by atomic mass is 9.79. The van der Waals surface area contributed by atoms with Gasteiger partial charge in [0.15, 0.2) is 11.6 Å². The lowest BCUT2D eigenvalue weighted by Crippen LogP contribution is -2.45. The number of hydrogen-bond donors (Lipinski definition) is 6. The number of hydrogen-bond acceptors (Lipinski definition) is 15. The van der Waals surface area contributed by atoms with E-state index in [1.165, 1.54) is 51.4 Å². The first kappa shape index (κ1) is 76.1. The number of amides is 3. The van der Waals surface area contributed by atoms with E-state index < -0.39 is 85.7 Å². The molecule has 0 aliphatic carbocycles. The predicted octanol–water partition coefficient (Wildman–Crippen LogP) is 11.4. The van der Waals surface area contributed by atoms with E-state index in [0.717, 1.165) is 68.2 Å². The van der Waals surface area contributed by atoms with E-state index in [0.29, 0.717) is 41.8 Å². The van der Waals surface area contributed by atoms with Gasteiger partial charge in [-0.2, -0.15) is 39.5 Å². The molecule has 2 aliphatic rings. The molecule has 29 heteroatoms. The third kappa shape index (κ3) is 23.7. The largest absolute Gasteiger partial charge is 0.482 e. The Morgan fingerprint density at radius 3 is 1.16 bits per heavy atom. The van der Waals surface area contributed by atoms with Crippen molar-refractivity contribution in [2.24, 2.45) is 11.8 Å². The first-order valence-electron chi connectivity index (χ1n) is 30.8. The molecule has 2 aliphatic heterocycles. The zero-order chi connectivity index (χ0) is 70.7. The zero-order valence-electron chi connectivity index (χ0n) is 53.7. The maximum atomic E-state index is 12.8. The molecule has 0 bridgehead atoms. The van der Waals surface area contributed by atoms with E-state index in [2.05, 4.69) is 20.3 Å². The minimum Gasteiger partial charge on any atom is -0.482 e. The molecule has 2 fully saturated rings. The highest BCUT2D eigenvalue weighted by molar-refractivity contribution is 6.45. The topological polar surface area (TPSA) is 261 Å². The summed E-state index contributed by atoms with van der Waals surface area (Å²) in [6.45, 7) is 14.8. The van der Waals surface area contributed by atoms with Gasteiger partial charge in [-0.3, -0.25) is 24.0 Å². The van der Waals surface area contributed by atoms with Crippen molar-refractivity contribution < 1.29 is 92.6 Å². The number of alkyl halides is 9. The van der Waals surface area contributed by atoms with Crippen LogP contribution in [0.25, 0.3) is 0 Å². The van der Waals surface area contributed by atoms with Crippen LogP contribution in [0.3, 0.4) is 0 Å². The number of ketones is 2. The van der Waals surface area contributed by atoms with Gasteiger partial charge in [-0.1, -0.05) is 89.5 Å². The summed E-state index contributed by atoms with van der Waals surface area (Å²) < 4.78 is 132. The van der Waals surface area contributed by atoms with Crippen molar-refractivity contribution in [2.45, 2.75) is 142 Å². The molecule has 0 radical (unpaired) electrons. The monoisotopic (exact) mass is 1350 g/mol. The standard InChI is InChI=1S/C25H31BF3N3O4.C24H28F3N3O3.C18H17F3N2O4/c1-16-6-8-19(9-7-16)23(17(2)31-24(34)25(27,28)29)36-20-10-11-21(30-14-20)22(33)13-18-5-4-12-32(15-18)26(3)35;1-15-5-7-18(8-6-15)22(16(2)30-23(32)24(25,26)27)33-19-9-10-20(29-14-19)21(31)12-17-4-3-11-28-13-17;1-10-3-5-12(6-4-10)15(11(2)23-17(26)18(19,20)21)27-13-7-8-14(16(24)25)22-9-13/h6-11,14,17-18,23,35H,4-5,12-13,15H2,1-3H3,(H,31,34);5-10,14,16-17,22,28H,3-4,11-13H2,1-2H3,(H,30,32);3-9,11,15H,1-2H3,(H,23,26)(H,24,25)/t17-,18+,23+;16-,17+,22+;11-,15+/m000/s1. The Morgan fingerprint density at radius 1 is 0.531 bits per heavy atom. The number of aryl methyl sites for hydroxylation is 3. The number of carboxylic acid groups (broad SMARTS) is 1. The number of pyridine rings is 3. The number of ether oxygens (including phenoxy) is 3. The number of rotatable bonds is 23. The lowest BCUT2D eigenvalue weighted by molar-refractivity contribution is -0.174. The average Bonchev–Trinajstić information content (AvgIpc) is 0.853. The number of nitrogens with one attached hydrogen (secondary N) is 4. The highest BCUT2D eigenvalue weighted by atomic mass is 19.4. The molecule has 19 nitrogen and oxygen atoms in total. The van der Waals surface area contributed by atoms with E-state index >= 15 is 0 Å². The number of nitrogens with zero attached hydrogens (tertiary/aromatic N) is 4. The van der Waals surface area contributed by atoms with Gasteiger partial charge in [0.25, 0.3) is 0 Å². The first-order chi connectivity index (χ1) is 45.1. The van der Waals surface area contributed by atoms with Crippen molar-refractivity contribution in [1.82, 2.24) is 41.0 Å². The SMILES string of the molecule is CB(O)N1CCC[C@H](CC(=O)c2ccc(O[C@@H](c3ccc(C)cc3)[C@H](C)NC(=O)C(F)(F)F)cn2)C1.Cc1ccc([C@H](Oc2ccc(C(=O)C[C@H]3CCCNC3)nc2)[C@H](C)NC(=O)C(F)(F)F)cc1.Cc1ccc([C@H](Oc2ccc(C(=O)O)nc2)[C@H](C)NC(=O)C(F)(F)F)cc1. The number of aromatic nitrogens is 3. The Kier molecular flexibility index (Phi) is 27.4. The highest BCUT2D eigenvalue weighted by Crippen LogP contribution is 2.31. The van der Waals surface area contributed by atoms with E-state index in [1.807, 2.05) is 53.7 Å². The maximum Gasteiger partial charge on any atom is 0.471 e. The summed E-state index contributed by atoms with van der Waals surface area (Å²) in [6.07, 6.45) is -9.33. The van der Waals surface area contributed by atoms with Gasteiger partial charge in [0.2, 0.25) is 0 Å². The second kappa shape index (κ2) is 34.6. The predicted molar refractivity (Wildman–Crippen MR) is 336 cm³/mol. The van der Waals surface area contributed by atoms with Crippen LogP contribution in [0.5, 0.6) is 17.2 Å². The van der Waals surface area contributed by atoms with E-state index in [1.54, 1.807) is 85.7 Å². The van der Waals surface area contributed by atoms with Crippen LogP contribution < -0.4 is 35.5 Å². The summed E-state index contributed by atoms with van der Waals surface area (Å²) in [5, 5.41) is 27.7. The molecule has 96 heavy (non-hydrogen) atoms. The summed E-state index contributed by atoms with van der Waals surface area (Å²) in [7, 11) is -0.553. The molecule has 3 aromatic carbocycles. The Hall–Kier alpha value is -8.96. The minimum absolute atomic E-state index is 0.0591. The molecule has 8 rings (SSSR count). The number of aromatic carboxylic acids is 1. The number of carboxylic acids is 1. The summed E-state index contributed by atoms with van der Waals surface area (Å²) in [6, 6.07) is 26.7. The number of piperidine rings is 2. The van der Waals surface area contributed by atoms with Crippen molar-refractivity contribution >= 4 is 42.3 Å². The smallest absolute Gasteiger partial charge is 0.471 e. The summed E-state index contributed by atoms with van der Waals surface area (Å²) in [4.78, 5) is 84.4. The summed E-state index contributed by atoms with van der Waals surface area (Å²) in [5.41, 5.74) is 4.98. The molecule has 3 amide bonds. The van der Waals surface area contributed by atoms with Gasteiger partial charge >= 0.3 is 49.3 Å². The lowest BCUT2D eigenvalue weighted by Gasteiger charge is -2.33. The normalized spacial score (nSPS) is 16.9. The van der Waals surface area contributed by atoms with Crippen molar-refractivity contribution in [2.75, 3.05) is 26.2 Å². The van der Waals surface area contributed by atoms with E-state index in [9.17, 15) is 73.3 Å². The number of benzene rings is 3. The molecule has 0 unspecified atom stereocenters. The molecule has 2 saturated heterocycles. The first-order valence-corrected chi connectivity index (χ1v) is 30.8. The quantitative estimate of drug-likeness (QED) is 0.0198. The zero-order valence-corrected chi connectivity index (χ0v) is 53.7. The molecule has 3 aromatic heterocycles. The van der Waals surface area contributed by atoms with Gasteiger partial charge < -0.3 is 50.4 Å². The molecular weight excluding hydrogens is 1270 g/mol. The Bertz CT molecular complexity index is 3510. The van der Waals surface area contributed by atoms with Crippen molar-refractivity contribution in [3.8, 4) is 17.2 Å². The van der Waals surface area contributed by atoms with Crippen LogP contribution in [-0.4, -0.2) is 135 Å². The van der Waals surface area contributed by atoms with Crippen LogP contribution in [0.2, 0.25) is 6.82 Å². The van der Waals surface area contributed by atoms with Crippen LogP contribution in [-0.2, 0) is 14.4 Å². The Balaban J connectivity index is 0.000000230. The number of Topliss-reactive ketones (excluding diaryl/α,β-unsaturated/α-hetero) is 2. The molecule has 6 N–H and O–H groups in total. The molecule has 0 saturated carbocycles. The van der Waals surface area contributed by atoms with Gasteiger partial charge in [-0.15, -0.1) is 0 Å². The highest BCUT2D eigenvalue weighted by Gasteiger charge is 2.43. The van der Waals surface area contributed by atoms with Crippen LogP contribution in [0, 0.1) is 32.6 Å². The number of carbonyl (C=O) groups excluding carboxylic acids is 5. The van der Waals surface area contributed by atoms with E-state index in [4.69, 9.17) is 19.3 Å². The fourth-order valence-corrected chi connectivity index (χ4v) is 10.4.